The zero-order valence-corrected chi connectivity index (χ0v) is 13.9. The minimum Gasteiger partial charge on any atom is -0.0829 e. The molecule has 0 heterocycles. The van der Waals surface area contributed by atoms with Crippen molar-refractivity contribution >= 4 is 39.1 Å². The van der Waals surface area contributed by atoms with Gasteiger partial charge in [-0.05, 0) is 23.3 Å². The number of halogens is 3. The molecule has 2 rings (SSSR count). The minimum atomic E-state index is -0.0432. The van der Waals surface area contributed by atoms with Crippen LogP contribution in [0.15, 0.2) is 48.5 Å². The molecule has 0 aliphatic rings. The molecule has 0 fully saturated rings. The predicted molar refractivity (Wildman–Crippen MR) is 87.6 cm³/mol. The Morgan fingerprint density at radius 2 is 1.58 bits per heavy atom. The van der Waals surface area contributed by atoms with Crippen molar-refractivity contribution in [3.8, 4) is 0 Å². The summed E-state index contributed by atoms with van der Waals surface area (Å²) in [5, 5.41) is 1.18. The van der Waals surface area contributed by atoms with Gasteiger partial charge in [0.05, 0.1) is 10.0 Å². The molecule has 1 atom stereocenters. The lowest BCUT2D eigenvalue weighted by atomic mass is 9.79. The lowest BCUT2D eigenvalue weighted by Gasteiger charge is -2.31. The van der Waals surface area contributed by atoms with Gasteiger partial charge in [-0.15, -0.1) is 0 Å². The smallest absolute Gasteiger partial charge is 0.0595 e. The Kier molecular flexibility index (Phi) is 4.60. The fourth-order valence-electron chi connectivity index (χ4n) is 2.10. The van der Waals surface area contributed by atoms with Crippen molar-refractivity contribution in [2.75, 3.05) is 0 Å². The maximum atomic E-state index is 6.10. The standard InChI is InChI=1S/C16H15BrCl2/c1-16(2,12-6-4-3-5-7-12)15(17)11-8-9-13(18)14(19)10-11/h3-10,15H,1-2H3. The first-order valence-corrected chi connectivity index (χ1v) is 7.74. The molecule has 3 heteroatoms. The second-order valence-corrected chi connectivity index (χ2v) is 6.85. The van der Waals surface area contributed by atoms with Crippen molar-refractivity contribution < 1.29 is 0 Å². The Balaban J connectivity index is 2.37. The van der Waals surface area contributed by atoms with Crippen LogP contribution in [0.5, 0.6) is 0 Å². The molecule has 0 saturated heterocycles. The van der Waals surface area contributed by atoms with Gasteiger partial charge >= 0.3 is 0 Å². The quantitative estimate of drug-likeness (QED) is 0.557. The molecular weight excluding hydrogens is 343 g/mol. The molecule has 0 aliphatic heterocycles. The van der Waals surface area contributed by atoms with Crippen molar-refractivity contribution in [3.63, 3.8) is 0 Å². The zero-order valence-electron chi connectivity index (χ0n) is 10.8. The Labute approximate surface area is 132 Å². The number of hydrogen-bond donors (Lipinski definition) is 0. The summed E-state index contributed by atoms with van der Waals surface area (Å²) in [6.07, 6.45) is 0. The number of alkyl halides is 1. The molecule has 0 spiro atoms. The summed E-state index contributed by atoms with van der Waals surface area (Å²) >= 11 is 15.9. The molecule has 0 radical (unpaired) electrons. The Morgan fingerprint density at radius 1 is 0.947 bits per heavy atom. The highest BCUT2D eigenvalue weighted by Gasteiger charge is 2.30. The monoisotopic (exact) mass is 356 g/mol. The Hall–Kier alpha value is -0.500. The highest BCUT2D eigenvalue weighted by Crippen LogP contribution is 2.43. The fraction of sp³-hybridized carbons (Fsp3) is 0.250. The summed E-state index contributed by atoms with van der Waals surface area (Å²) in [6.45, 7) is 4.43. The summed E-state index contributed by atoms with van der Waals surface area (Å²) in [4.78, 5) is 0.164. The molecule has 0 amide bonds. The number of benzene rings is 2. The third-order valence-corrected chi connectivity index (χ3v) is 5.80. The van der Waals surface area contributed by atoms with Gasteiger partial charge in [0.2, 0.25) is 0 Å². The molecule has 2 aromatic carbocycles. The minimum absolute atomic E-state index is 0.0432. The second-order valence-electron chi connectivity index (χ2n) is 5.12. The average molecular weight is 358 g/mol. The summed E-state index contributed by atoms with van der Waals surface area (Å²) in [5.41, 5.74) is 2.37. The van der Waals surface area contributed by atoms with E-state index < -0.39 is 0 Å². The Bertz CT molecular complexity index is 564. The van der Waals surface area contributed by atoms with E-state index in [1.807, 2.05) is 24.3 Å². The largest absolute Gasteiger partial charge is 0.0829 e. The van der Waals surface area contributed by atoms with Crippen LogP contribution >= 0.6 is 39.1 Å². The van der Waals surface area contributed by atoms with Gasteiger partial charge in [-0.25, -0.2) is 0 Å². The summed E-state index contributed by atoms with van der Waals surface area (Å²) in [6, 6.07) is 16.2. The maximum absolute atomic E-state index is 6.10. The van der Waals surface area contributed by atoms with Crippen LogP contribution in [0.1, 0.15) is 29.8 Å². The summed E-state index contributed by atoms with van der Waals surface area (Å²) in [5.74, 6) is 0. The molecule has 100 valence electrons. The zero-order chi connectivity index (χ0) is 14.0. The van der Waals surface area contributed by atoms with Gasteiger partial charge in [-0.1, -0.05) is 89.4 Å². The topological polar surface area (TPSA) is 0 Å². The van der Waals surface area contributed by atoms with Crippen LogP contribution in [0.3, 0.4) is 0 Å². The van der Waals surface area contributed by atoms with Gasteiger partial charge in [-0.3, -0.25) is 0 Å². The molecule has 0 bridgehead atoms. The molecule has 19 heavy (non-hydrogen) atoms. The third kappa shape index (κ3) is 3.16. The van der Waals surface area contributed by atoms with Crippen molar-refractivity contribution in [1.82, 2.24) is 0 Å². The maximum Gasteiger partial charge on any atom is 0.0595 e. The summed E-state index contributed by atoms with van der Waals surface area (Å²) < 4.78 is 0. The van der Waals surface area contributed by atoms with E-state index in [0.717, 1.165) is 5.56 Å². The van der Waals surface area contributed by atoms with E-state index in [9.17, 15) is 0 Å². The first kappa shape index (κ1) is 14.9. The van der Waals surface area contributed by atoms with E-state index in [1.165, 1.54) is 5.56 Å². The number of rotatable bonds is 3. The van der Waals surface area contributed by atoms with Gasteiger partial charge < -0.3 is 0 Å². The van der Waals surface area contributed by atoms with Crippen LogP contribution in [0.4, 0.5) is 0 Å². The molecule has 0 nitrogen and oxygen atoms in total. The first-order chi connectivity index (χ1) is 8.93. The third-order valence-electron chi connectivity index (χ3n) is 3.39. The number of hydrogen-bond acceptors (Lipinski definition) is 0. The van der Waals surface area contributed by atoms with Crippen molar-refractivity contribution in [1.29, 1.82) is 0 Å². The predicted octanol–water partition coefficient (Wildman–Crippen LogP) is 6.41. The molecule has 1 unspecified atom stereocenters. The second kappa shape index (κ2) is 5.87. The van der Waals surface area contributed by atoms with Crippen molar-refractivity contribution in [2.24, 2.45) is 0 Å². The molecule has 0 aliphatic carbocycles. The van der Waals surface area contributed by atoms with E-state index >= 15 is 0 Å². The van der Waals surface area contributed by atoms with E-state index in [1.54, 1.807) is 0 Å². The van der Waals surface area contributed by atoms with Gasteiger partial charge in [0.1, 0.15) is 0 Å². The SMILES string of the molecule is CC(C)(c1ccccc1)C(Br)c1ccc(Cl)c(Cl)c1. The van der Waals surface area contributed by atoms with Gasteiger partial charge in [0.25, 0.3) is 0 Å². The fourth-order valence-corrected chi connectivity index (χ4v) is 2.96. The van der Waals surface area contributed by atoms with Gasteiger partial charge in [0, 0.05) is 10.2 Å². The van der Waals surface area contributed by atoms with Crippen LogP contribution in [0, 0.1) is 0 Å². The van der Waals surface area contributed by atoms with Crippen LogP contribution in [-0.4, -0.2) is 0 Å². The highest BCUT2D eigenvalue weighted by molar-refractivity contribution is 9.09. The van der Waals surface area contributed by atoms with Gasteiger partial charge in [-0.2, -0.15) is 0 Å². The van der Waals surface area contributed by atoms with E-state index in [0.29, 0.717) is 10.0 Å². The molecule has 0 saturated carbocycles. The van der Waals surface area contributed by atoms with E-state index in [-0.39, 0.29) is 10.2 Å². The normalized spacial score (nSPS) is 13.3. The van der Waals surface area contributed by atoms with Crippen molar-refractivity contribution in [2.45, 2.75) is 24.1 Å². The first-order valence-electron chi connectivity index (χ1n) is 6.07. The highest BCUT2D eigenvalue weighted by atomic mass is 79.9. The van der Waals surface area contributed by atoms with Crippen LogP contribution < -0.4 is 0 Å². The lowest BCUT2D eigenvalue weighted by Crippen LogP contribution is -2.23. The molecule has 0 aromatic heterocycles. The van der Waals surface area contributed by atoms with Crippen molar-refractivity contribution in [3.05, 3.63) is 69.7 Å². The average Bonchev–Trinajstić information content (AvgIpc) is 2.42. The van der Waals surface area contributed by atoms with Crippen LogP contribution in [0.25, 0.3) is 0 Å². The molecular formula is C16H15BrCl2. The van der Waals surface area contributed by atoms with Crippen LogP contribution in [0.2, 0.25) is 10.0 Å². The lowest BCUT2D eigenvalue weighted by molar-refractivity contribution is 0.518. The van der Waals surface area contributed by atoms with E-state index in [2.05, 4.69) is 54.0 Å². The molecule has 0 N–H and O–H groups in total. The Morgan fingerprint density at radius 3 is 2.16 bits per heavy atom. The van der Waals surface area contributed by atoms with E-state index in [4.69, 9.17) is 23.2 Å². The van der Waals surface area contributed by atoms with Gasteiger partial charge in [0.15, 0.2) is 0 Å². The van der Waals surface area contributed by atoms with Crippen LogP contribution in [-0.2, 0) is 5.41 Å². The molecule has 2 aromatic rings. The summed E-state index contributed by atoms with van der Waals surface area (Å²) in [7, 11) is 0.